The van der Waals surface area contributed by atoms with Gasteiger partial charge in [0.1, 0.15) is 4.90 Å². The van der Waals surface area contributed by atoms with Crippen LogP contribution in [0.4, 0.5) is 5.69 Å². The molecule has 1 amide bonds. The molecule has 0 atom stereocenters. The van der Waals surface area contributed by atoms with Crippen molar-refractivity contribution in [1.82, 2.24) is 4.90 Å². The van der Waals surface area contributed by atoms with E-state index in [2.05, 4.69) is 6.92 Å². The van der Waals surface area contributed by atoms with Crippen LogP contribution in [-0.2, 0) is 19.4 Å². The lowest BCUT2D eigenvalue weighted by molar-refractivity contribution is -0.387. The van der Waals surface area contributed by atoms with E-state index in [9.17, 15) is 28.1 Å². The number of nitrogens with zero attached hydrogens (tertiary/aromatic N) is 2. The molecule has 0 aliphatic carbocycles. The normalized spacial score (nSPS) is 15.5. The van der Waals surface area contributed by atoms with E-state index < -0.39 is 37.9 Å². The zero-order valence-corrected chi connectivity index (χ0v) is 15.3. The quantitative estimate of drug-likeness (QED) is 0.427. The fourth-order valence-corrected chi connectivity index (χ4v) is 3.49. The molecule has 0 saturated carbocycles. The first-order chi connectivity index (χ1) is 12.1. The van der Waals surface area contributed by atoms with Crippen molar-refractivity contribution >= 4 is 27.4 Å². The Kier molecular flexibility index (Phi) is 5.96. The van der Waals surface area contributed by atoms with Crippen molar-refractivity contribution in [2.45, 2.75) is 24.7 Å². The van der Waals surface area contributed by atoms with Gasteiger partial charge in [0.15, 0.2) is 16.4 Å². The second-order valence-electron chi connectivity index (χ2n) is 6.35. The van der Waals surface area contributed by atoms with Crippen molar-refractivity contribution in [2.24, 2.45) is 5.92 Å². The average molecular weight is 384 g/mol. The maximum absolute atomic E-state index is 12.1. The summed E-state index contributed by atoms with van der Waals surface area (Å²) < 4.78 is 28.1. The molecule has 0 radical (unpaired) electrons. The van der Waals surface area contributed by atoms with Crippen LogP contribution < -0.4 is 0 Å². The van der Waals surface area contributed by atoms with E-state index >= 15 is 0 Å². The SMILES string of the molecule is CC1CCN(C(=O)COC(=O)c2ccc(S(C)(=O)=O)c([N+](=O)[O-])c2)CC1. The van der Waals surface area contributed by atoms with Crippen molar-refractivity contribution in [3.8, 4) is 0 Å². The van der Waals surface area contributed by atoms with Crippen LogP contribution in [0.3, 0.4) is 0 Å². The second-order valence-corrected chi connectivity index (χ2v) is 8.34. The summed E-state index contributed by atoms with van der Waals surface area (Å²) in [4.78, 5) is 35.4. The minimum atomic E-state index is -3.82. The van der Waals surface area contributed by atoms with Gasteiger partial charge in [-0.1, -0.05) is 6.92 Å². The van der Waals surface area contributed by atoms with E-state index in [1.54, 1.807) is 4.90 Å². The minimum absolute atomic E-state index is 0.191. The number of hydrogen-bond donors (Lipinski definition) is 0. The number of carbonyl (C=O) groups excluding carboxylic acids is 2. The number of ether oxygens (including phenoxy) is 1. The summed E-state index contributed by atoms with van der Waals surface area (Å²) >= 11 is 0. The maximum atomic E-state index is 12.1. The van der Waals surface area contributed by atoms with Crippen molar-refractivity contribution in [2.75, 3.05) is 26.0 Å². The number of likely N-dealkylation sites (tertiary alicyclic amines) is 1. The van der Waals surface area contributed by atoms with Crippen molar-refractivity contribution in [3.05, 3.63) is 33.9 Å². The first-order valence-corrected chi connectivity index (χ1v) is 9.92. The van der Waals surface area contributed by atoms with Crippen LogP contribution in [0.2, 0.25) is 0 Å². The summed E-state index contributed by atoms with van der Waals surface area (Å²) in [5.74, 6) is -0.699. The second kappa shape index (κ2) is 7.81. The molecule has 10 heteroatoms. The van der Waals surface area contributed by atoms with Crippen LogP contribution >= 0.6 is 0 Å². The number of hydrogen-bond acceptors (Lipinski definition) is 7. The molecule has 1 saturated heterocycles. The van der Waals surface area contributed by atoms with E-state index in [1.165, 1.54) is 0 Å². The van der Waals surface area contributed by atoms with Gasteiger partial charge in [0, 0.05) is 25.4 Å². The van der Waals surface area contributed by atoms with Crippen LogP contribution in [0.1, 0.15) is 30.1 Å². The number of esters is 1. The van der Waals surface area contributed by atoms with Gasteiger partial charge in [0.2, 0.25) is 0 Å². The zero-order valence-electron chi connectivity index (χ0n) is 14.5. The van der Waals surface area contributed by atoms with Gasteiger partial charge in [0.25, 0.3) is 11.6 Å². The van der Waals surface area contributed by atoms with Crippen molar-refractivity contribution < 1.29 is 27.7 Å². The monoisotopic (exact) mass is 384 g/mol. The lowest BCUT2D eigenvalue weighted by Crippen LogP contribution is -2.40. The van der Waals surface area contributed by atoms with Crippen LogP contribution in [0.25, 0.3) is 0 Å². The minimum Gasteiger partial charge on any atom is -0.452 e. The Balaban J connectivity index is 2.06. The Bertz CT molecular complexity index is 827. The highest BCUT2D eigenvalue weighted by atomic mass is 32.2. The van der Waals surface area contributed by atoms with Gasteiger partial charge in [-0.05, 0) is 30.9 Å². The average Bonchev–Trinajstić information content (AvgIpc) is 2.58. The van der Waals surface area contributed by atoms with Gasteiger partial charge in [-0.3, -0.25) is 14.9 Å². The predicted molar refractivity (Wildman–Crippen MR) is 91.5 cm³/mol. The molecule has 0 N–H and O–H groups in total. The standard InChI is InChI=1S/C16H20N2O7S/c1-11-5-7-17(8-6-11)15(19)10-25-16(20)12-3-4-14(26(2,23)24)13(9-12)18(21)22/h3-4,9,11H,5-8,10H2,1-2H3. The fourth-order valence-electron chi connectivity index (χ4n) is 2.66. The number of benzene rings is 1. The van der Waals surface area contributed by atoms with E-state index in [0.29, 0.717) is 19.0 Å². The molecule has 0 aromatic heterocycles. The lowest BCUT2D eigenvalue weighted by Gasteiger charge is -2.30. The smallest absolute Gasteiger partial charge is 0.338 e. The molecule has 2 rings (SSSR count). The Morgan fingerprint density at radius 2 is 1.92 bits per heavy atom. The number of nitro benzene ring substituents is 1. The molecule has 26 heavy (non-hydrogen) atoms. The van der Waals surface area contributed by atoms with Gasteiger partial charge < -0.3 is 9.64 Å². The molecule has 142 valence electrons. The molecule has 0 bridgehead atoms. The molecular weight excluding hydrogens is 364 g/mol. The molecule has 1 aliphatic rings. The van der Waals surface area contributed by atoms with Crippen molar-refractivity contribution in [3.63, 3.8) is 0 Å². The first-order valence-electron chi connectivity index (χ1n) is 8.03. The molecule has 1 heterocycles. The maximum Gasteiger partial charge on any atom is 0.338 e. The first kappa shape index (κ1) is 19.8. The van der Waals surface area contributed by atoms with Crippen LogP contribution in [0.5, 0.6) is 0 Å². The van der Waals surface area contributed by atoms with Gasteiger partial charge in [-0.2, -0.15) is 0 Å². The van der Waals surface area contributed by atoms with Gasteiger partial charge in [-0.15, -0.1) is 0 Å². The number of rotatable bonds is 5. The van der Waals surface area contributed by atoms with Gasteiger partial charge >= 0.3 is 5.97 Å². The highest BCUT2D eigenvalue weighted by molar-refractivity contribution is 7.90. The van der Waals surface area contributed by atoms with Gasteiger partial charge in [-0.25, -0.2) is 13.2 Å². The highest BCUT2D eigenvalue weighted by Gasteiger charge is 2.25. The summed E-state index contributed by atoms with van der Waals surface area (Å²) in [6.07, 6.45) is 2.61. The number of amides is 1. The van der Waals surface area contributed by atoms with Crippen LogP contribution in [-0.4, -0.2) is 56.1 Å². The largest absolute Gasteiger partial charge is 0.452 e. The van der Waals surface area contributed by atoms with Crippen LogP contribution in [0, 0.1) is 16.0 Å². The van der Waals surface area contributed by atoms with E-state index in [4.69, 9.17) is 4.74 Å². The van der Waals surface area contributed by atoms with Crippen LogP contribution in [0.15, 0.2) is 23.1 Å². The van der Waals surface area contributed by atoms with Gasteiger partial charge in [0.05, 0.1) is 10.5 Å². The zero-order chi connectivity index (χ0) is 19.5. The Morgan fingerprint density at radius 3 is 2.46 bits per heavy atom. The third-order valence-electron chi connectivity index (χ3n) is 4.25. The lowest BCUT2D eigenvalue weighted by atomic mass is 9.99. The molecule has 1 aromatic rings. The molecule has 0 spiro atoms. The summed E-state index contributed by atoms with van der Waals surface area (Å²) in [6, 6.07) is 2.95. The van der Waals surface area contributed by atoms with E-state index in [1.807, 2.05) is 0 Å². The number of carbonyl (C=O) groups is 2. The third kappa shape index (κ3) is 4.78. The summed E-state index contributed by atoms with van der Waals surface area (Å²) in [5, 5.41) is 11.1. The van der Waals surface area contributed by atoms with E-state index in [-0.39, 0.29) is 11.5 Å². The topological polar surface area (TPSA) is 124 Å². The molecule has 1 fully saturated rings. The Morgan fingerprint density at radius 1 is 1.31 bits per heavy atom. The summed E-state index contributed by atoms with van der Waals surface area (Å²) in [6.45, 7) is 2.85. The van der Waals surface area contributed by atoms with E-state index in [0.717, 1.165) is 37.3 Å². The third-order valence-corrected chi connectivity index (χ3v) is 5.40. The molecule has 1 aliphatic heterocycles. The molecule has 9 nitrogen and oxygen atoms in total. The Labute approximate surface area is 151 Å². The number of nitro groups is 1. The fraction of sp³-hybridized carbons (Fsp3) is 0.500. The highest BCUT2D eigenvalue weighted by Crippen LogP contribution is 2.25. The van der Waals surface area contributed by atoms with Crippen molar-refractivity contribution in [1.29, 1.82) is 0 Å². The molecule has 0 unspecified atom stereocenters. The summed E-state index contributed by atoms with van der Waals surface area (Å²) in [5.41, 5.74) is -0.900. The number of piperidine rings is 1. The molecule has 1 aromatic carbocycles. The summed E-state index contributed by atoms with van der Waals surface area (Å²) in [7, 11) is -3.82. The number of sulfone groups is 1. The predicted octanol–water partition coefficient (Wildman–Crippen LogP) is 1.41. The molecular formula is C16H20N2O7S. The Hall–Kier alpha value is -2.49.